The topological polar surface area (TPSA) is 37.8 Å². The highest BCUT2D eigenvalue weighted by Gasteiger charge is 2.30. The van der Waals surface area contributed by atoms with Gasteiger partial charge in [0.15, 0.2) is 0 Å². The molecule has 0 spiro atoms. The first-order chi connectivity index (χ1) is 9.35. The van der Waals surface area contributed by atoms with Gasteiger partial charge < -0.3 is 5.32 Å². The third-order valence-electron chi connectivity index (χ3n) is 4.52. The monoisotopic (exact) mass is 261 g/mol. The highest BCUT2D eigenvalue weighted by Crippen LogP contribution is 2.41. The zero-order valence-corrected chi connectivity index (χ0v) is 12.3. The standard InChI is InChI=1S/C16H27N3/c1-3-7-17-9-14-6-5-13(4-2)8-16(14)15-10-18-12-19-11-15/h10-14,16-17H,3-9H2,1-2H3. The lowest BCUT2D eigenvalue weighted by molar-refractivity contribution is 0.225. The van der Waals surface area contributed by atoms with Gasteiger partial charge in [-0.1, -0.05) is 26.7 Å². The van der Waals surface area contributed by atoms with Crippen LogP contribution in [-0.2, 0) is 0 Å². The molecule has 1 aliphatic rings. The molecule has 0 radical (unpaired) electrons. The molecule has 106 valence electrons. The van der Waals surface area contributed by atoms with Crippen molar-refractivity contribution in [2.24, 2.45) is 11.8 Å². The molecule has 1 saturated carbocycles. The summed E-state index contributed by atoms with van der Waals surface area (Å²) in [5.74, 6) is 2.28. The molecular formula is C16H27N3. The van der Waals surface area contributed by atoms with Crippen molar-refractivity contribution in [3.63, 3.8) is 0 Å². The Morgan fingerprint density at radius 3 is 2.68 bits per heavy atom. The summed E-state index contributed by atoms with van der Waals surface area (Å²) in [6.07, 6.45) is 12.2. The van der Waals surface area contributed by atoms with Gasteiger partial charge in [-0.15, -0.1) is 0 Å². The van der Waals surface area contributed by atoms with Gasteiger partial charge in [0.2, 0.25) is 0 Å². The van der Waals surface area contributed by atoms with Crippen molar-refractivity contribution >= 4 is 0 Å². The summed E-state index contributed by atoms with van der Waals surface area (Å²) in [5.41, 5.74) is 1.34. The molecule has 0 aliphatic heterocycles. The molecule has 1 aliphatic carbocycles. The maximum atomic E-state index is 4.21. The van der Waals surface area contributed by atoms with Crippen molar-refractivity contribution in [3.05, 3.63) is 24.3 Å². The van der Waals surface area contributed by atoms with E-state index in [2.05, 4.69) is 29.1 Å². The molecule has 0 aromatic carbocycles. The lowest BCUT2D eigenvalue weighted by atomic mass is 9.71. The van der Waals surface area contributed by atoms with Crippen LogP contribution in [0.3, 0.4) is 0 Å². The summed E-state index contributed by atoms with van der Waals surface area (Å²) in [4.78, 5) is 8.42. The minimum Gasteiger partial charge on any atom is -0.316 e. The Labute approximate surface area is 117 Å². The summed E-state index contributed by atoms with van der Waals surface area (Å²) in [5, 5.41) is 3.60. The lowest BCUT2D eigenvalue weighted by Crippen LogP contribution is -2.32. The average molecular weight is 261 g/mol. The van der Waals surface area contributed by atoms with Crippen LogP contribution < -0.4 is 5.32 Å². The van der Waals surface area contributed by atoms with Crippen LogP contribution in [0.4, 0.5) is 0 Å². The van der Waals surface area contributed by atoms with E-state index in [-0.39, 0.29) is 0 Å². The zero-order chi connectivity index (χ0) is 13.5. The predicted molar refractivity (Wildman–Crippen MR) is 79.1 cm³/mol. The lowest BCUT2D eigenvalue weighted by Gasteiger charge is -2.36. The van der Waals surface area contributed by atoms with Gasteiger partial charge in [0.25, 0.3) is 0 Å². The Bertz CT molecular complexity index is 350. The average Bonchev–Trinajstić information content (AvgIpc) is 2.48. The fourth-order valence-corrected chi connectivity index (χ4v) is 3.31. The van der Waals surface area contributed by atoms with Crippen LogP contribution in [0.25, 0.3) is 0 Å². The van der Waals surface area contributed by atoms with Gasteiger partial charge in [0.05, 0.1) is 0 Å². The maximum Gasteiger partial charge on any atom is 0.115 e. The van der Waals surface area contributed by atoms with Gasteiger partial charge in [0, 0.05) is 12.4 Å². The molecule has 3 heteroatoms. The Balaban J connectivity index is 2.03. The molecule has 1 aromatic heterocycles. The van der Waals surface area contributed by atoms with E-state index in [1.807, 2.05) is 12.4 Å². The van der Waals surface area contributed by atoms with Gasteiger partial charge in [-0.05, 0) is 55.7 Å². The molecule has 2 rings (SSSR count). The molecule has 1 fully saturated rings. The van der Waals surface area contributed by atoms with E-state index >= 15 is 0 Å². The Morgan fingerprint density at radius 1 is 1.21 bits per heavy atom. The first-order valence-electron chi connectivity index (χ1n) is 7.80. The molecule has 1 aromatic rings. The van der Waals surface area contributed by atoms with E-state index in [1.54, 1.807) is 6.33 Å². The van der Waals surface area contributed by atoms with Crippen LogP contribution in [0.2, 0.25) is 0 Å². The maximum absolute atomic E-state index is 4.21. The van der Waals surface area contributed by atoms with Gasteiger partial charge >= 0.3 is 0 Å². The van der Waals surface area contributed by atoms with Crippen LogP contribution in [0.5, 0.6) is 0 Å². The Morgan fingerprint density at radius 2 is 2.00 bits per heavy atom. The Kier molecular flexibility index (Phi) is 5.77. The van der Waals surface area contributed by atoms with Crippen LogP contribution in [-0.4, -0.2) is 23.1 Å². The second-order valence-corrected chi connectivity index (χ2v) is 5.83. The van der Waals surface area contributed by atoms with E-state index in [1.165, 1.54) is 37.7 Å². The number of rotatable bonds is 6. The van der Waals surface area contributed by atoms with Crippen LogP contribution in [0, 0.1) is 11.8 Å². The zero-order valence-electron chi connectivity index (χ0n) is 12.3. The second kappa shape index (κ2) is 7.59. The van der Waals surface area contributed by atoms with E-state index in [0.29, 0.717) is 5.92 Å². The number of hydrogen-bond donors (Lipinski definition) is 1. The quantitative estimate of drug-likeness (QED) is 0.798. The van der Waals surface area contributed by atoms with E-state index in [4.69, 9.17) is 0 Å². The normalized spacial score (nSPS) is 27.4. The van der Waals surface area contributed by atoms with E-state index in [9.17, 15) is 0 Å². The summed E-state index contributed by atoms with van der Waals surface area (Å²) in [7, 11) is 0. The van der Waals surface area contributed by atoms with Gasteiger partial charge in [0.1, 0.15) is 6.33 Å². The molecule has 0 bridgehead atoms. The van der Waals surface area contributed by atoms with Crippen molar-refractivity contribution in [2.75, 3.05) is 13.1 Å². The number of nitrogens with one attached hydrogen (secondary N) is 1. The Hall–Kier alpha value is -0.960. The summed E-state index contributed by atoms with van der Waals surface area (Å²) >= 11 is 0. The van der Waals surface area contributed by atoms with Crippen molar-refractivity contribution in [2.45, 2.75) is 51.9 Å². The highest BCUT2D eigenvalue weighted by molar-refractivity contribution is 5.13. The second-order valence-electron chi connectivity index (χ2n) is 5.83. The summed E-state index contributed by atoms with van der Waals surface area (Å²) in [6, 6.07) is 0. The third kappa shape index (κ3) is 4.00. The molecule has 1 N–H and O–H groups in total. The van der Waals surface area contributed by atoms with Crippen LogP contribution in [0.1, 0.15) is 57.4 Å². The van der Waals surface area contributed by atoms with Crippen molar-refractivity contribution in [3.8, 4) is 0 Å². The van der Waals surface area contributed by atoms with Crippen molar-refractivity contribution in [1.29, 1.82) is 0 Å². The summed E-state index contributed by atoms with van der Waals surface area (Å²) < 4.78 is 0. The molecule has 3 unspecified atom stereocenters. The van der Waals surface area contributed by atoms with Gasteiger partial charge in [-0.25, -0.2) is 9.97 Å². The molecule has 3 atom stereocenters. The van der Waals surface area contributed by atoms with Crippen molar-refractivity contribution < 1.29 is 0 Å². The van der Waals surface area contributed by atoms with Crippen LogP contribution >= 0.6 is 0 Å². The molecule has 0 saturated heterocycles. The third-order valence-corrected chi connectivity index (χ3v) is 4.52. The smallest absolute Gasteiger partial charge is 0.115 e. The highest BCUT2D eigenvalue weighted by atomic mass is 14.9. The fourth-order valence-electron chi connectivity index (χ4n) is 3.31. The van der Waals surface area contributed by atoms with Gasteiger partial charge in [-0.3, -0.25) is 0 Å². The molecule has 19 heavy (non-hydrogen) atoms. The molecular weight excluding hydrogens is 234 g/mol. The van der Waals surface area contributed by atoms with E-state index < -0.39 is 0 Å². The number of nitrogens with zero attached hydrogens (tertiary/aromatic N) is 2. The number of aromatic nitrogens is 2. The largest absolute Gasteiger partial charge is 0.316 e. The predicted octanol–water partition coefficient (Wildman–Crippen LogP) is 3.39. The first-order valence-corrected chi connectivity index (χ1v) is 7.80. The number of hydrogen-bond acceptors (Lipinski definition) is 3. The minimum absolute atomic E-state index is 0.643. The van der Waals surface area contributed by atoms with Crippen molar-refractivity contribution in [1.82, 2.24) is 15.3 Å². The van der Waals surface area contributed by atoms with Crippen LogP contribution in [0.15, 0.2) is 18.7 Å². The molecule has 1 heterocycles. The fraction of sp³-hybridized carbons (Fsp3) is 0.750. The SMILES string of the molecule is CCCNCC1CCC(CC)CC1c1cncnc1. The summed E-state index contributed by atoms with van der Waals surface area (Å²) in [6.45, 7) is 6.82. The molecule has 3 nitrogen and oxygen atoms in total. The van der Waals surface area contributed by atoms with E-state index in [0.717, 1.165) is 24.9 Å². The minimum atomic E-state index is 0.643. The first kappa shape index (κ1) is 14.4. The molecule has 0 amide bonds. The van der Waals surface area contributed by atoms with Gasteiger partial charge in [-0.2, -0.15) is 0 Å².